The van der Waals surface area contributed by atoms with E-state index in [0.29, 0.717) is 0 Å². The van der Waals surface area contributed by atoms with Crippen LogP contribution < -0.4 is 5.73 Å². The maximum Gasteiger partial charge on any atom is 0.130 e. The Bertz CT molecular complexity index is 593. The van der Waals surface area contributed by atoms with E-state index in [0.717, 1.165) is 31.1 Å². The van der Waals surface area contributed by atoms with Gasteiger partial charge in [-0.2, -0.15) is 0 Å². The molecule has 0 aromatic carbocycles. The quantitative estimate of drug-likeness (QED) is 0.854. The number of aromatic nitrogens is 1. The molecule has 2 heterocycles. The lowest BCUT2D eigenvalue weighted by atomic mass is 10.3. The third-order valence-electron chi connectivity index (χ3n) is 2.18. The average Bonchev–Trinajstić information content (AvgIpc) is 2.93. The van der Waals surface area contributed by atoms with Gasteiger partial charge >= 0.3 is 0 Å². The van der Waals surface area contributed by atoms with Gasteiger partial charge in [-0.05, 0) is 24.8 Å². The minimum absolute atomic E-state index is 0.821. The van der Waals surface area contributed by atoms with Crippen LogP contribution in [0.2, 0.25) is 0 Å². The van der Waals surface area contributed by atoms with Gasteiger partial charge in [-0.3, -0.25) is 0 Å². The van der Waals surface area contributed by atoms with Crippen molar-refractivity contribution in [2.75, 3.05) is 5.73 Å². The number of nitrogens with zero attached hydrogens (tertiary/aromatic N) is 1. The molecular formula is C13H14N2S3. The number of rotatable bonds is 4. The van der Waals surface area contributed by atoms with Crippen LogP contribution in [-0.2, 0) is 0 Å². The molecule has 2 N–H and O–H groups in total. The molecule has 0 atom stereocenters. The van der Waals surface area contributed by atoms with Crippen molar-refractivity contribution in [2.24, 2.45) is 0 Å². The second kappa shape index (κ2) is 5.73. The minimum Gasteiger partial charge on any atom is -0.391 e. The zero-order valence-electron chi connectivity index (χ0n) is 10.3. The van der Waals surface area contributed by atoms with Crippen molar-refractivity contribution in [1.82, 2.24) is 4.98 Å². The second-order valence-corrected chi connectivity index (χ2v) is 6.87. The highest BCUT2D eigenvalue weighted by atomic mass is 32.2. The summed E-state index contributed by atoms with van der Waals surface area (Å²) in [6.45, 7) is 7.95. The van der Waals surface area contributed by atoms with Crippen molar-refractivity contribution in [1.29, 1.82) is 0 Å². The highest BCUT2D eigenvalue weighted by Crippen LogP contribution is 2.36. The van der Waals surface area contributed by atoms with Crippen LogP contribution in [0.15, 0.2) is 34.4 Å². The van der Waals surface area contributed by atoms with Gasteiger partial charge in [0.1, 0.15) is 5.01 Å². The molecule has 0 amide bonds. The summed E-state index contributed by atoms with van der Waals surface area (Å²) in [5.41, 5.74) is 7.83. The molecule has 94 valence electrons. The van der Waals surface area contributed by atoms with Crippen molar-refractivity contribution in [2.45, 2.75) is 13.8 Å². The Labute approximate surface area is 119 Å². The van der Waals surface area contributed by atoms with E-state index in [2.05, 4.69) is 23.0 Å². The highest BCUT2D eigenvalue weighted by Gasteiger charge is 2.10. The number of thiazole rings is 1. The lowest BCUT2D eigenvalue weighted by Crippen LogP contribution is -1.80. The first-order valence-electron chi connectivity index (χ1n) is 5.40. The van der Waals surface area contributed by atoms with Crippen molar-refractivity contribution in [3.8, 4) is 11.3 Å². The summed E-state index contributed by atoms with van der Waals surface area (Å²) in [5.74, 6) is 0. The second-order valence-electron chi connectivity index (χ2n) is 3.73. The predicted molar refractivity (Wildman–Crippen MR) is 85.9 cm³/mol. The van der Waals surface area contributed by atoms with Crippen molar-refractivity contribution >= 4 is 44.3 Å². The standard InChI is InChI=1S/C13H14N2S3/c1-4-11(18-8(2)3)13-15-10(7-17-13)9-5-12(14)16-6-9/h4-7H,2,14H2,1,3H3/b11-4-. The van der Waals surface area contributed by atoms with Gasteiger partial charge in [-0.1, -0.05) is 24.4 Å². The van der Waals surface area contributed by atoms with E-state index in [9.17, 15) is 0 Å². The van der Waals surface area contributed by atoms with Crippen molar-refractivity contribution in [3.63, 3.8) is 0 Å². The lowest BCUT2D eigenvalue weighted by Gasteiger charge is -2.01. The molecule has 2 rings (SSSR count). The molecular weight excluding hydrogens is 280 g/mol. The summed E-state index contributed by atoms with van der Waals surface area (Å²) in [6, 6.07) is 1.96. The minimum atomic E-state index is 0.821. The molecule has 0 aliphatic carbocycles. The van der Waals surface area contributed by atoms with Gasteiger partial charge in [-0.15, -0.1) is 22.7 Å². The monoisotopic (exact) mass is 294 g/mol. The average molecular weight is 294 g/mol. The molecule has 2 aromatic rings. The zero-order chi connectivity index (χ0) is 13.1. The highest BCUT2D eigenvalue weighted by molar-refractivity contribution is 8.11. The molecule has 0 fully saturated rings. The number of anilines is 1. The molecule has 0 radical (unpaired) electrons. The Morgan fingerprint density at radius 2 is 2.22 bits per heavy atom. The number of nitrogens with two attached hydrogens (primary N) is 1. The summed E-state index contributed by atoms with van der Waals surface area (Å²) >= 11 is 4.85. The van der Waals surface area contributed by atoms with Crippen LogP contribution in [0, 0.1) is 0 Å². The van der Waals surface area contributed by atoms with Crippen LogP contribution in [0.25, 0.3) is 16.2 Å². The first-order valence-corrected chi connectivity index (χ1v) is 7.97. The Morgan fingerprint density at radius 3 is 2.78 bits per heavy atom. The summed E-state index contributed by atoms with van der Waals surface area (Å²) in [4.78, 5) is 6.88. The van der Waals surface area contributed by atoms with E-state index in [4.69, 9.17) is 5.73 Å². The smallest absolute Gasteiger partial charge is 0.130 e. The summed E-state index contributed by atoms with van der Waals surface area (Å²) < 4.78 is 0. The largest absolute Gasteiger partial charge is 0.391 e. The molecule has 0 aliphatic rings. The molecule has 0 bridgehead atoms. The van der Waals surface area contributed by atoms with Crippen molar-refractivity contribution in [3.05, 3.63) is 39.4 Å². The molecule has 2 aromatic heterocycles. The van der Waals surface area contributed by atoms with E-state index in [1.807, 2.05) is 25.3 Å². The van der Waals surface area contributed by atoms with Crippen LogP contribution in [0.4, 0.5) is 5.00 Å². The van der Waals surface area contributed by atoms with Crippen LogP contribution in [0.3, 0.4) is 0 Å². The van der Waals surface area contributed by atoms with Crippen molar-refractivity contribution < 1.29 is 0 Å². The molecule has 0 aliphatic heterocycles. The first kappa shape index (κ1) is 13.4. The lowest BCUT2D eigenvalue weighted by molar-refractivity contribution is 1.39. The van der Waals surface area contributed by atoms with E-state index in [1.165, 1.54) is 0 Å². The fraction of sp³-hybridized carbons (Fsp3) is 0.154. The topological polar surface area (TPSA) is 38.9 Å². The van der Waals surface area contributed by atoms with Gasteiger partial charge in [-0.25, -0.2) is 4.98 Å². The number of thiophene rings is 1. The molecule has 0 saturated heterocycles. The zero-order valence-corrected chi connectivity index (χ0v) is 12.7. The summed E-state index contributed by atoms with van der Waals surface area (Å²) in [5, 5.41) is 5.96. The fourth-order valence-electron chi connectivity index (χ4n) is 1.42. The van der Waals surface area contributed by atoms with E-state index >= 15 is 0 Å². The van der Waals surface area contributed by atoms with E-state index < -0.39 is 0 Å². The van der Waals surface area contributed by atoms with Gasteiger partial charge in [0, 0.05) is 21.2 Å². The van der Waals surface area contributed by atoms with Gasteiger partial charge in [0.25, 0.3) is 0 Å². The first-order chi connectivity index (χ1) is 8.60. The number of allylic oxidation sites excluding steroid dienone is 2. The molecule has 18 heavy (non-hydrogen) atoms. The fourth-order valence-corrected chi connectivity index (χ4v) is 3.76. The Hall–Kier alpha value is -1.04. The third kappa shape index (κ3) is 3.04. The normalized spacial score (nSPS) is 11.8. The predicted octanol–water partition coefficient (Wildman–Crippen LogP) is 5.08. The van der Waals surface area contributed by atoms with Crippen LogP contribution in [-0.4, -0.2) is 4.98 Å². The maximum absolute atomic E-state index is 5.74. The van der Waals surface area contributed by atoms with Gasteiger partial charge in [0.2, 0.25) is 0 Å². The van der Waals surface area contributed by atoms with Gasteiger partial charge in [0.05, 0.1) is 10.7 Å². The van der Waals surface area contributed by atoms with Crippen LogP contribution in [0.1, 0.15) is 18.9 Å². The van der Waals surface area contributed by atoms with Crippen LogP contribution in [0.5, 0.6) is 0 Å². The third-order valence-corrected chi connectivity index (χ3v) is 4.94. The van der Waals surface area contributed by atoms with Crippen LogP contribution >= 0.6 is 34.4 Å². The van der Waals surface area contributed by atoms with E-state index in [-0.39, 0.29) is 0 Å². The molecule has 0 unspecified atom stereocenters. The summed E-state index contributed by atoms with van der Waals surface area (Å²) in [6.07, 6.45) is 2.07. The molecule has 2 nitrogen and oxygen atoms in total. The Morgan fingerprint density at radius 1 is 1.44 bits per heavy atom. The number of nitrogen functional groups attached to an aromatic ring is 1. The van der Waals surface area contributed by atoms with E-state index in [1.54, 1.807) is 34.4 Å². The SMILES string of the molecule is C=C(C)S/C(=C\C)c1nc(-c2csc(N)c2)cs1. The van der Waals surface area contributed by atoms with Gasteiger partial charge < -0.3 is 5.73 Å². The number of hydrogen-bond acceptors (Lipinski definition) is 5. The Kier molecular flexibility index (Phi) is 4.27. The molecule has 0 saturated carbocycles. The maximum atomic E-state index is 5.74. The summed E-state index contributed by atoms with van der Waals surface area (Å²) in [7, 11) is 0. The Balaban J connectivity index is 2.27. The number of hydrogen-bond donors (Lipinski definition) is 1. The van der Waals surface area contributed by atoms with Gasteiger partial charge in [0.15, 0.2) is 0 Å². The molecule has 0 spiro atoms. The molecule has 5 heteroatoms. The number of thioether (sulfide) groups is 1.